The largest absolute Gasteiger partial charge is 0.338 e. The predicted molar refractivity (Wildman–Crippen MR) is 65.6 cm³/mol. The molecule has 88 valence electrons. The molecule has 2 rings (SSSR count). The van der Waals surface area contributed by atoms with Gasteiger partial charge in [-0.25, -0.2) is 4.79 Å². The molecule has 0 radical (unpaired) electrons. The fourth-order valence-corrected chi connectivity index (χ4v) is 1.71. The summed E-state index contributed by atoms with van der Waals surface area (Å²) in [4.78, 5) is 11.5. The third-order valence-corrected chi connectivity index (χ3v) is 2.23. The van der Waals surface area contributed by atoms with Crippen LogP contribution in [0.25, 0.3) is 0 Å². The van der Waals surface area contributed by atoms with E-state index in [9.17, 15) is 4.79 Å². The Morgan fingerprint density at radius 1 is 1.18 bits per heavy atom. The van der Waals surface area contributed by atoms with E-state index in [0.717, 1.165) is 0 Å². The standard InChI is InChI=1S/C10H7Cl2N3O2/c11-6-3-7(12)5-8(4-6)14-10(16)15-9-1-2-13-17-9/h1-5H,(H2,14,15,16). The minimum atomic E-state index is -0.472. The van der Waals surface area contributed by atoms with Crippen LogP contribution >= 0.6 is 23.2 Å². The van der Waals surface area contributed by atoms with Gasteiger partial charge in [0.15, 0.2) is 0 Å². The summed E-state index contributed by atoms with van der Waals surface area (Å²) < 4.78 is 4.72. The van der Waals surface area contributed by atoms with Gasteiger partial charge in [0.05, 0.1) is 6.20 Å². The summed E-state index contributed by atoms with van der Waals surface area (Å²) in [6.45, 7) is 0. The average Bonchev–Trinajstić information content (AvgIpc) is 2.67. The molecule has 0 bridgehead atoms. The lowest BCUT2D eigenvalue weighted by Gasteiger charge is -2.05. The predicted octanol–water partition coefficient (Wildman–Crippen LogP) is 3.63. The molecule has 0 aliphatic rings. The van der Waals surface area contributed by atoms with Crippen molar-refractivity contribution in [3.63, 3.8) is 0 Å². The molecule has 0 saturated heterocycles. The maximum atomic E-state index is 11.5. The van der Waals surface area contributed by atoms with Gasteiger partial charge in [-0.2, -0.15) is 0 Å². The van der Waals surface area contributed by atoms with E-state index in [2.05, 4.69) is 15.8 Å². The molecule has 2 aromatic rings. The number of halogens is 2. The number of urea groups is 1. The molecule has 2 N–H and O–H groups in total. The highest BCUT2D eigenvalue weighted by Gasteiger charge is 2.06. The van der Waals surface area contributed by atoms with Gasteiger partial charge in [0.2, 0.25) is 5.88 Å². The van der Waals surface area contributed by atoms with Gasteiger partial charge in [0, 0.05) is 21.8 Å². The van der Waals surface area contributed by atoms with Crippen LogP contribution in [0.5, 0.6) is 0 Å². The van der Waals surface area contributed by atoms with Crippen LogP contribution in [0.3, 0.4) is 0 Å². The van der Waals surface area contributed by atoms with E-state index in [4.69, 9.17) is 27.7 Å². The molecule has 0 unspecified atom stereocenters. The monoisotopic (exact) mass is 271 g/mol. The molecule has 1 heterocycles. The molecule has 1 aromatic carbocycles. The molecule has 0 saturated carbocycles. The van der Waals surface area contributed by atoms with Crippen molar-refractivity contribution in [1.82, 2.24) is 5.16 Å². The number of hydrogen-bond donors (Lipinski definition) is 2. The van der Waals surface area contributed by atoms with Crippen LogP contribution in [0.1, 0.15) is 0 Å². The van der Waals surface area contributed by atoms with Gasteiger partial charge in [-0.3, -0.25) is 5.32 Å². The van der Waals surface area contributed by atoms with Crippen molar-refractivity contribution < 1.29 is 9.32 Å². The van der Waals surface area contributed by atoms with Gasteiger partial charge >= 0.3 is 6.03 Å². The Morgan fingerprint density at radius 3 is 2.47 bits per heavy atom. The lowest BCUT2D eigenvalue weighted by atomic mass is 10.3. The highest BCUT2D eigenvalue weighted by Crippen LogP contribution is 2.22. The van der Waals surface area contributed by atoms with E-state index >= 15 is 0 Å². The molecular weight excluding hydrogens is 265 g/mol. The maximum Gasteiger partial charge on any atom is 0.326 e. The minimum Gasteiger partial charge on any atom is -0.338 e. The SMILES string of the molecule is O=C(Nc1cc(Cl)cc(Cl)c1)Nc1ccno1. The van der Waals surface area contributed by atoms with Gasteiger partial charge in [-0.1, -0.05) is 28.4 Å². The third kappa shape index (κ3) is 3.37. The minimum absolute atomic E-state index is 0.246. The number of nitrogens with zero attached hydrogens (tertiary/aromatic N) is 1. The van der Waals surface area contributed by atoms with Crippen molar-refractivity contribution in [1.29, 1.82) is 0 Å². The van der Waals surface area contributed by atoms with Crippen molar-refractivity contribution in [2.75, 3.05) is 10.6 Å². The summed E-state index contributed by atoms with van der Waals surface area (Å²) in [5, 5.41) is 9.32. The van der Waals surface area contributed by atoms with Crippen molar-refractivity contribution in [3.8, 4) is 0 Å². The Bertz CT molecular complexity index is 508. The van der Waals surface area contributed by atoms with E-state index in [0.29, 0.717) is 15.7 Å². The zero-order valence-corrected chi connectivity index (χ0v) is 9.92. The number of amides is 2. The first-order valence-corrected chi connectivity index (χ1v) is 5.34. The van der Waals surface area contributed by atoms with Gasteiger partial charge in [0.25, 0.3) is 0 Å². The molecule has 2 amide bonds. The molecule has 0 aliphatic heterocycles. The van der Waals surface area contributed by atoms with E-state index in [1.165, 1.54) is 12.3 Å². The molecular formula is C10H7Cl2N3O2. The van der Waals surface area contributed by atoms with Crippen molar-refractivity contribution >= 4 is 40.8 Å². The summed E-state index contributed by atoms with van der Waals surface area (Å²) in [6.07, 6.45) is 1.42. The second-order valence-electron chi connectivity index (χ2n) is 3.11. The Kier molecular flexibility index (Phi) is 3.51. The Labute approximate surface area is 107 Å². The van der Waals surface area contributed by atoms with Crippen molar-refractivity contribution in [2.24, 2.45) is 0 Å². The topological polar surface area (TPSA) is 67.2 Å². The summed E-state index contributed by atoms with van der Waals surface area (Å²) in [5.41, 5.74) is 0.486. The molecule has 0 fully saturated rings. The van der Waals surface area contributed by atoms with E-state index < -0.39 is 6.03 Å². The molecule has 5 nitrogen and oxygen atoms in total. The van der Waals surface area contributed by atoms with Crippen LogP contribution in [-0.2, 0) is 0 Å². The number of carbonyl (C=O) groups is 1. The van der Waals surface area contributed by atoms with Crippen molar-refractivity contribution in [3.05, 3.63) is 40.5 Å². The third-order valence-electron chi connectivity index (χ3n) is 1.79. The molecule has 17 heavy (non-hydrogen) atoms. The lowest BCUT2D eigenvalue weighted by molar-refractivity contribution is 0.261. The quantitative estimate of drug-likeness (QED) is 0.877. The first-order chi connectivity index (χ1) is 8.13. The van der Waals surface area contributed by atoms with Gasteiger partial charge < -0.3 is 9.84 Å². The normalized spacial score (nSPS) is 10.0. The van der Waals surface area contributed by atoms with E-state index in [1.807, 2.05) is 0 Å². The highest BCUT2D eigenvalue weighted by molar-refractivity contribution is 6.35. The van der Waals surface area contributed by atoms with Crippen LogP contribution in [0.4, 0.5) is 16.4 Å². The number of aromatic nitrogens is 1. The number of carbonyl (C=O) groups excluding carboxylic acids is 1. The fraction of sp³-hybridized carbons (Fsp3) is 0. The van der Waals surface area contributed by atoms with Gasteiger partial charge in [0.1, 0.15) is 0 Å². The molecule has 0 spiro atoms. The van der Waals surface area contributed by atoms with Crippen LogP contribution in [0, 0.1) is 0 Å². The highest BCUT2D eigenvalue weighted by atomic mass is 35.5. The molecule has 1 aromatic heterocycles. The summed E-state index contributed by atoms with van der Waals surface area (Å²) in [5.74, 6) is 0.246. The number of nitrogens with one attached hydrogen (secondary N) is 2. The molecule has 7 heteroatoms. The first kappa shape index (κ1) is 11.8. The van der Waals surface area contributed by atoms with Crippen LogP contribution in [0.15, 0.2) is 35.0 Å². The Hall–Kier alpha value is -1.72. The Morgan fingerprint density at radius 2 is 1.88 bits per heavy atom. The second kappa shape index (κ2) is 5.07. The number of anilines is 2. The lowest BCUT2D eigenvalue weighted by Crippen LogP contribution is -2.18. The summed E-state index contributed by atoms with van der Waals surface area (Å²) >= 11 is 11.6. The number of rotatable bonds is 2. The first-order valence-electron chi connectivity index (χ1n) is 4.58. The summed E-state index contributed by atoms with van der Waals surface area (Å²) in [6, 6.07) is 5.77. The summed E-state index contributed by atoms with van der Waals surface area (Å²) in [7, 11) is 0. The molecule has 0 aliphatic carbocycles. The van der Waals surface area contributed by atoms with Crippen LogP contribution in [0.2, 0.25) is 10.0 Å². The second-order valence-corrected chi connectivity index (χ2v) is 3.99. The maximum absolute atomic E-state index is 11.5. The smallest absolute Gasteiger partial charge is 0.326 e. The van der Waals surface area contributed by atoms with E-state index in [1.54, 1.807) is 18.2 Å². The molecule has 0 atom stereocenters. The Balaban J connectivity index is 2.03. The zero-order valence-electron chi connectivity index (χ0n) is 8.41. The van der Waals surface area contributed by atoms with Crippen LogP contribution < -0.4 is 10.6 Å². The van der Waals surface area contributed by atoms with Gasteiger partial charge in [-0.05, 0) is 18.2 Å². The van der Waals surface area contributed by atoms with E-state index in [-0.39, 0.29) is 5.88 Å². The fourth-order valence-electron chi connectivity index (χ4n) is 1.18. The zero-order chi connectivity index (χ0) is 12.3. The number of benzene rings is 1. The van der Waals surface area contributed by atoms with Crippen molar-refractivity contribution in [2.45, 2.75) is 0 Å². The average molecular weight is 272 g/mol. The van der Waals surface area contributed by atoms with Crippen LogP contribution in [-0.4, -0.2) is 11.2 Å². The van der Waals surface area contributed by atoms with Gasteiger partial charge in [-0.15, -0.1) is 0 Å². The number of hydrogen-bond acceptors (Lipinski definition) is 3.